The molecule has 0 unspecified atom stereocenters. The Morgan fingerprint density at radius 3 is 2.06 bits per heavy atom. The van der Waals surface area contributed by atoms with E-state index in [9.17, 15) is 14.4 Å². The number of carbonyl (C=O) groups excluding carboxylic acids is 3. The highest BCUT2D eigenvalue weighted by molar-refractivity contribution is 5.94. The fourth-order valence-corrected chi connectivity index (χ4v) is 3.10. The van der Waals surface area contributed by atoms with Crippen LogP contribution in [0.3, 0.4) is 0 Å². The summed E-state index contributed by atoms with van der Waals surface area (Å²) in [6.07, 6.45) is -0.680. The topological polar surface area (TPSA) is 96.5 Å². The number of hydrogen-bond donors (Lipinski definition) is 3. The van der Waals surface area contributed by atoms with Crippen molar-refractivity contribution in [3.63, 3.8) is 0 Å². The van der Waals surface area contributed by atoms with Gasteiger partial charge in [-0.2, -0.15) is 0 Å². The minimum Gasteiger partial charge on any atom is -0.444 e. The standard InChI is InChI=1S/C26H35N3O4/c1-17(2)21(16-27-23(30)20-14-12-18(3)13-15-20)28-24(31)22(19-10-8-7-9-11-19)29-25(32)33-26(4,5)6/h7-15,17,21-22H,16H2,1-6H3,(H,27,30)(H,28,31)(H,29,32)/t21-,22+/m1/s1. The molecule has 2 aromatic carbocycles. The van der Waals surface area contributed by atoms with Crippen LogP contribution in [0.4, 0.5) is 4.79 Å². The number of benzene rings is 2. The first-order valence-corrected chi connectivity index (χ1v) is 11.2. The summed E-state index contributed by atoms with van der Waals surface area (Å²) in [7, 11) is 0. The van der Waals surface area contributed by atoms with Crippen molar-refractivity contribution < 1.29 is 19.1 Å². The van der Waals surface area contributed by atoms with E-state index in [1.54, 1.807) is 57.2 Å². The molecule has 0 aliphatic rings. The Morgan fingerprint density at radius 1 is 0.909 bits per heavy atom. The number of nitrogens with one attached hydrogen (secondary N) is 3. The molecule has 0 aliphatic heterocycles. The maximum Gasteiger partial charge on any atom is 0.408 e. The fraction of sp³-hybridized carbons (Fsp3) is 0.423. The molecule has 0 spiro atoms. The van der Waals surface area contributed by atoms with Gasteiger partial charge in [0.1, 0.15) is 11.6 Å². The summed E-state index contributed by atoms with van der Waals surface area (Å²) in [5.41, 5.74) is 1.57. The van der Waals surface area contributed by atoms with Crippen LogP contribution in [0.1, 0.15) is 62.1 Å². The Hall–Kier alpha value is -3.35. The van der Waals surface area contributed by atoms with E-state index in [-0.39, 0.29) is 30.3 Å². The molecule has 3 amide bonds. The first kappa shape index (κ1) is 25.9. The van der Waals surface area contributed by atoms with E-state index in [0.717, 1.165) is 5.56 Å². The molecule has 0 saturated heterocycles. The molecule has 178 valence electrons. The lowest BCUT2D eigenvalue weighted by Crippen LogP contribution is -2.51. The van der Waals surface area contributed by atoms with Crippen LogP contribution in [0.15, 0.2) is 54.6 Å². The first-order chi connectivity index (χ1) is 15.5. The first-order valence-electron chi connectivity index (χ1n) is 11.2. The van der Waals surface area contributed by atoms with E-state index in [2.05, 4.69) is 16.0 Å². The zero-order valence-electron chi connectivity index (χ0n) is 20.3. The van der Waals surface area contributed by atoms with Gasteiger partial charge < -0.3 is 20.7 Å². The minimum atomic E-state index is -0.935. The minimum absolute atomic E-state index is 0.0465. The number of hydrogen-bond acceptors (Lipinski definition) is 4. The molecule has 0 radical (unpaired) electrons. The van der Waals surface area contributed by atoms with Crippen LogP contribution in [0.2, 0.25) is 0 Å². The Balaban J connectivity index is 2.10. The average molecular weight is 454 g/mol. The molecule has 2 aromatic rings. The second-order valence-electron chi connectivity index (χ2n) is 9.43. The summed E-state index contributed by atoms with van der Waals surface area (Å²) in [6.45, 7) is 11.4. The molecule has 0 aliphatic carbocycles. The van der Waals surface area contributed by atoms with Crippen LogP contribution in [-0.4, -0.2) is 36.1 Å². The van der Waals surface area contributed by atoms with E-state index < -0.39 is 17.7 Å². The van der Waals surface area contributed by atoms with Crippen LogP contribution in [0.25, 0.3) is 0 Å². The van der Waals surface area contributed by atoms with E-state index in [0.29, 0.717) is 11.1 Å². The third-order valence-electron chi connectivity index (χ3n) is 4.98. The molecule has 2 atom stereocenters. The van der Waals surface area contributed by atoms with Gasteiger partial charge in [0.2, 0.25) is 5.91 Å². The molecule has 0 bridgehead atoms. The summed E-state index contributed by atoms with van der Waals surface area (Å²) in [6, 6.07) is 15.0. The van der Waals surface area contributed by atoms with Gasteiger partial charge in [-0.1, -0.05) is 61.9 Å². The summed E-state index contributed by atoms with van der Waals surface area (Å²) < 4.78 is 5.34. The lowest BCUT2D eigenvalue weighted by molar-refractivity contribution is -0.124. The summed E-state index contributed by atoms with van der Waals surface area (Å²) in [4.78, 5) is 38.1. The molecule has 0 saturated carbocycles. The Labute approximate surface area is 196 Å². The largest absolute Gasteiger partial charge is 0.444 e. The second kappa shape index (κ2) is 11.5. The molecule has 2 rings (SSSR count). The Kier molecular flexibility index (Phi) is 9.02. The van der Waals surface area contributed by atoms with Gasteiger partial charge in [0.15, 0.2) is 0 Å². The highest BCUT2D eigenvalue weighted by Crippen LogP contribution is 2.16. The number of amides is 3. The molecular weight excluding hydrogens is 418 g/mol. The van der Waals surface area contributed by atoms with Crippen molar-refractivity contribution >= 4 is 17.9 Å². The molecule has 7 heteroatoms. The summed E-state index contributed by atoms with van der Waals surface area (Å²) in [5, 5.41) is 8.53. The van der Waals surface area contributed by atoms with Gasteiger partial charge in [-0.05, 0) is 51.3 Å². The van der Waals surface area contributed by atoms with Crippen molar-refractivity contribution in [2.75, 3.05) is 6.54 Å². The van der Waals surface area contributed by atoms with Gasteiger partial charge in [-0.15, -0.1) is 0 Å². The van der Waals surface area contributed by atoms with Crippen molar-refractivity contribution in [1.29, 1.82) is 0 Å². The van der Waals surface area contributed by atoms with Gasteiger partial charge in [-0.25, -0.2) is 4.79 Å². The van der Waals surface area contributed by atoms with Gasteiger partial charge in [0.25, 0.3) is 5.91 Å². The number of ether oxygens (including phenoxy) is 1. The number of carbonyl (C=O) groups is 3. The van der Waals surface area contributed by atoms with E-state index in [1.807, 2.05) is 39.0 Å². The normalized spacial score (nSPS) is 13.1. The third kappa shape index (κ3) is 8.60. The lowest BCUT2D eigenvalue weighted by atomic mass is 10.0. The fourth-order valence-electron chi connectivity index (χ4n) is 3.10. The van der Waals surface area contributed by atoms with Crippen molar-refractivity contribution in [3.8, 4) is 0 Å². The smallest absolute Gasteiger partial charge is 0.408 e. The van der Waals surface area contributed by atoms with Crippen LogP contribution in [0.5, 0.6) is 0 Å². The van der Waals surface area contributed by atoms with Gasteiger partial charge in [0, 0.05) is 18.2 Å². The maximum absolute atomic E-state index is 13.2. The average Bonchev–Trinajstić information content (AvgIpc) is 2.74. The van der Waals surface area contributed by atoms with Crippen molar-refractivity contribution in [3.05, 3.63) is 71.3 Å². The lowest BCUT2D eigenvalue weighted by Gasteiger charge is -2.27. The zero-order chi connectivity index (χ0) is 24.6. The molecule has 0 fully saturated rings. The van der Waals surface area contributed by atoms with Crippen LogP contribution in [-0.2, 0) is 9.53 Å². The van der Waals surface area contributed by atoms with E-state index in [4.69, 9.17) is 4.74 Å². The number of rotatable bonds is 8. The molecule has 3 N–H and O–H groups in total. The van der Waals surface area contributed by atoms with Crippen molar-refractivity contribution in [1.82, 2.24) is 16.0 Å². The molecule has 7 nitrogen and oxygen atoms in total. The van der Waals surface area contributed by atoms with Crippen LogP contribution in [0, 0.1) is 12.8 Å². The zero-order valence-corrected chi connectivity index (χ0v) is 20.3. The summed E-state index contributed by atoms with van der Waals surface area (Å²) in [5.74, 6) is -0.540. The van der Waals surface area contributed by atoms with Crippen LogP contribution < -0.4 is 16.0 Å². The molecular formula is C26H35N3O4. The Bertz CT molecular complexity index is 934. The molecule has 0 heterocycles. The number of aryl methyl sites for hydroxylation is 1. The highest BCUT2D eigenvalue weighted by Gasteiger charge is 2.28. The third-order valence-corrected chi connectivity index (χ3v) is 4.98. The summed E-state index contributed by atoms with van der Waals surface area (Å²) >= 11 is 0. The highest BCUT2D eigenvalue weighted by atomic mass is 16.6. The van der Waals surface area contributed by atoms with E-state index in [1.165, 1.54) is 0 Å². The van der Waals surface area contributed by atoms with Crippen molar-refractivity contribution in [2.24, 2.45) is 5.92 Å². The molecule has 0 aromatic heterocycles. The van der Waals surface area contributed by atoms with Crippen LogP contribution >= 0.6 is 0 Å². The predicted molar refractivity (Wildman–Crippen MR) is 129 cm³/mol. The maximum atomic E-state index is 13.2. The van der Waals surface area contributed by atoms with E-state index >= 15 is 0 Å². The van der Waals surface area contributed by atoms with Crippen molar-refractivity contribution in [2.45, 2.75) is 59.2 Å². The monoisotopic (exact) mass is 453 g/mol. The van der Waals surface area contributed by atoms with Gasteiger partial charge >= 0.3 is 6.09 Å². The number of alkyl carbamates (subject to hydrolysis) is 1. The Morgan fingerprint density at radius 2 is 1.52 bits per heavy atom. The molecule has 33 heavy (non-hydrogen) atoms. The predicted octanol–water partition coefficient (Wildman–Crippen LogP) is 4.13. The van der Waals surface area contributed by atoms with Gasteiger partial charge in [-0.3, -0.25) is 9.59 Å². The van der Waals surface area contributed by atoms with Gasteiger partial charge in [0.05, 0.1) is 0 Å². The quantitative estimate of drug-likeness (QED) is 0.560. The second-order valence-corrected chi connectivity index (χ2v) is 9.43. The SMILES string of the molecule is Cc1ccc(C(=O)NC[C@@H](NC(=O)[C@@H](NC(=O)OC(C)(C)C)c2ccccc2)C(C)C)cc1.